The molecule has 0 spiro atoms. The van der Waals surface area contributed by atoms with Crippen molar-refractivity contribution < 1.29 is 31.8 Å². The van der Waals surface area contributed by atoms with E-state index in [1.54, 1.807) is 9.72 Å². The van der Waals surface area contributed by atoms with Crippen molar-refractivity contribution >= 4 is 11.6 Å². The SMILES string of the molecule is COc1cc(-c2cnc3cc(F)ccn23)cc(OC)c1C(=O)NCC(F)(F)F. The Morgan fingerprint density at radius 1 is 1.18 bits per heavy atom. The van der Waals surface area contributed by atoms with Crippen LogP contribution in [0.5, 0.6) is 11.5 Å². The number of nitrogens with one attached hydrogen (secondary N) is 1. The first-order valence-corrected chi connectivity index (χ1v) is 7.97. The topological polar surface area (TPSA) is 64.9 Å². The molecule has 0 saturated heterocycles. The van der Waals surface area contributed by atoms with Crippen LogP contribution in [0.1, 0.15) is 10.4 Å². The van der Waals surface area contributed by atoms with Crippen LogP contribution < -0.4 is 14.8 Å². The lowest BCUT2D eigenvalue weighted by Crippen LogP contribution is -2.34. The largest absolute Gasteiger partial charge is 0.496 e. The van der Waals surface area contributed by atoms with Crippen molar-refractivity contribution in [2.24, 2.45) is 0 Å². The maximum absolute atomic E-state index is 13.4. The van der Waals surface area contributed by atoms with Crippen LogP contribution in [-0.4, -0.2) is 42.2 Å². The summed E-state index contributed by atoms with van der Waals surface area (Å²) in [6.07, 6.45) is -1.58. The second kappa shape index (κ2) is 7.37. The van der Waals surface area contributed by atoms with E-state index in [0.29, 0.717) is 16.9 Å². The lowest BCUT2D eigenvalue weighted by Gasteiger charge is -2.16. The number of ether oxygens (including phenoxy) is 2. The number of pyridine rings is 1. The van der Waals surface area contributed by atoms with Crippen LogP contribution in [0.2, 0.25) is 0 Å². The highest BCUT2D eigenvalue weighted by Crippen LogP contribution is 2.35. The van der Waals surface area contributed by atoms with E-state index in [1.165, 1.54) is 50.9 Å². The molecule has 148 valence electrons. The van der Waals surface area contributed by atoms with Crippen molar-refractivity contribution in [3.63, 3.8) is 0 Å². The molecule has 0 bridgehead atoms. The second-order valence-corrected chi connectivity index (χ2v) is 5.77. The number of carbonyl (C=O) groups excluding carboxylic acids is 1. The van der Waals surface area contributed by atoms with E-state index in [4.69, 9.17) is 9.47 Å². The van der Waals surface area contributed by atoms with Crippen LogP contribution in [0.4, 0.5) is 17.6 Å². The molecule has 2 aromatic heterocycles. The molecule has 3 aromatic rings. The zero-order valence-corrected chi connectivity index (χ0v) is 14.8. The summed E-state index contributed by atoms with van der Waals surface area (Å²) < 4.78 is 62.6. The molecule has 10 heteroatoms. The van der Waals surface area contributed by atoms with E-state index in [2.05, 4.69) is 4.98 Å². The summed E-state index contributed by atoms with van der Waals surface area (Å²) in [6, 6.07) is 5.44. The van der Waals surface area contributed by atoms with Gasteiger partial charge in [0.1, 0.15) is 35.1 Å². The van der Waals surface area contributed by atoms with Gasteiger partial charge in [0.05, 0.1) is 26.1 Å². The molecule has 0 atom stereocenters. The van der Waals surface area contributed by atoms with Crippen molar-refractivity contribution in [2.45, 2.75) is 6.18 Å². The minimum absolute atomic E-state index is 0.0195. The molecule has 0 unspecified atom stereocenters. The molecule has 6 nitrogen and oxygen atoms in total. The molecule has 0 aliphatic carbocycles. The second-order valence-electron chi connectivity index (χ2n) is 5.77. The fourth-order valence-electron chi connectivity index (χ4n) is 2.72. The van der Waals surface area contributed by atoms with Gasteiger partial charge in [0.25, 0.3) is 5.91 Å². The number of rotatable bonds is 5. The third-order valence-corrected chi connectivity index (χ3v) is 3.95. The van der Waals surface area contributed by atoms with Gasteiger partial charge in [0.2, 0.25) is 0 Å². The zero-order valence-electron chi connectivity index (χ0n) is 14.8. The Morgan fingerprint density at radius 2 is 1.82 bits per heavy atom. The van der Waals surface area contributed by atoms with Gasteiger partial charge in [-0.25, -0.2) is 9.37 Å². The Morgan fingerprint density at radius 3 is 2.39 bits per heavy atom. The van der Waals surface area contributed by atoms with E-state index in [0.717, 1.165) is 0 Å². The van der Waals surface area contributed by atoms with Crippen LogP contribution in [-0.2, 0) is 0 Å². The maximum Gasteiger partial charge on any atom is 0.405 e. The summed E-state index contributed by atoms with van der Waals surface area (Å²) in [6.45, 7) is -1.49. The van der Waals surface area contributed by atoms with Crippen molar-refractivity contribution in [3.05, 3.63) is 48.0 Å². The number of carbonyl (C=O) groups is 1. The van der Waals surface area contributed by atoms with Crippen LogP contribution in [0, 0.1) is 5.82 Å². The molecule has 0 radical (unpaired) electrons. The molecule has 0 aliphatic rings. The number of alkyl halides is 3. The number of benzene rings is 1. The summed E-state index contributed by atoms with van der Waals surface area (Å²) in [7, 11) is 2.56. The number of halogens is 4. The molecular formula is C18H15F4N3O3. The van der Waals surface area contributed by atoms with E-state index in [1.807, 2.05) is 0 Å². The molecule has 28 heavy (non-hydrogen) atoms. The minimum atomic E-state index is -4.55. The van der Waals surface area contributed by atoms with Crippen LogP contribution in [0.25, 0.3) is 16.9 Å². The van der Waals surface area contributed by atoms with Gasteiger partial charge in [-0.3, -0.25) is 9.20 Å². The molecule has 3 rings (SSSR count). The quantitative estimate of drug-likeness (QED) is 0.670. The third-order valence-electron chi connectivity index (χ3n) is 3.95. The summed E-state index contributed by atoms with van der Waals surface area (Å²) in [5, 5.41) is 1.80. The van der Waals surface area contributed by atoms with Crippen LogP contribution >= 0.6 is 0 Å². The van der Waals surface area contributed by atoms with Crippen molar-refractivity contribution in [2.75, 3.05) is 20.8 Å². The fourth-order valence-corrected chi connectivity index (χ4v) is 2.72. The van der Waals surface area contributed by atoms with E-state index in [-0.39, 0.29) is 17.1 Å². The highest BCUT2D eigenvalue weighted by atomic mass is 19.4. The molecule has 1 amide bonds. The lowest BCUT2D eigenvalue weighted by molar-refractivity contribution is -0.123. The number of amides is 1. The highest BCUT2D eigenvalue weighted by molar-refractivity contribution is 6.00. The molecule has 2 heterocycles. The first-order chi connectivity index (χ1) is 13.2. The smallest absolute Gasteiger partial charge is 0.405 e. The number of imidazole rings is 1. The highest BCUT2D eigenvalue weighted by Gasteiger charge is 2.30. The Labute approximate surface area is 156 Å². The fraction of sp³-hybridized carbons (Fsp3) is 0.222. The predicted octanol–water partition coefficient (Wildman–Crippen LogP) is 3.45. The summed E-state index contributed by atoms with van der Waals surface area (Å²) in [4.78, 5) is 16.4. The van der Waals surface area contributed by atoms with Gasteiger partial charge in [0.15, 0.2) is 0 Å². The van der Waals surface area contributed by atoms with Crippen LogP contribution in [0.3, 0.4) is 0 Å². The van der Waals surface area contributed by atoms with Gasteiger partial charge < -0.3 is 14.8 Å². The van der Waals surface area contributed by atoms with E-state index in [9.17, 15) is 22.4 Å². The predicted molar refractivity (Wildman–Crippen MR) is 92.1 cm³/mol. The standard InChI is InChI=1S/C18H15F4N3O3/c1-27-13-5-10(12-8-23-15-7-11(19)3-4-25(12)15)6-14(28-2)16(13)17(26)24-9-18(20,21)22/h3-8H,9H2,1-2H3,(H,24,26). The van der Waals surface area contributed by atoms with Gasteiger partial charge >= 0.3 is 6.18 Å². The number of nitrogens with zero attached hydrogens (tertiary/aromatic N) is 2. The maximum atomic E-state index is 13.4. The number of hydrogen-bond acceptors (Lipinski definition) is 4. The summed E-state index contributed by atoms with van der Waals surface area (Å²) in [5.41, 5.74) is 1.26. The molecule has 0 aliphatic heterocycles. The molecule has 1 N–H and O–H groups in total. The summed E-state index contributed by atoms with van der Waals surface area (Å²) in [5.74, 6) is -1.40. The molecular weight excluding hydrogens is 382 g/mol. The van der Waals surface area contributed by atoms with Crippen molar-refractivity contribution in [1.82, 2.24) is 14.7 Å². The zero-order chi connectivity index (χ0) is 20.5. The van der Waals surface area contributed by atoms with E-state index < -0.39 is 24.4 Å². The first-order valence-electron chi connectivity index (χ1n) is 7.97. The van der Waals surface area contributed by atoms with Crippen molar-refractivity contribution in [1.29, 1.82) is 0 Å². The van der Waals surface area contributed by atoms with Gasteiger partial charge in [-0.05, 0) is 18.2 Å². The Hall–Kier alpha value is -3.30. The third kappa shape index (κ3) is 3.85. The van der Waals surface area contributed by atoms with Crippen LogP contribution in [0.15, 0.2) is 36.7 Å². The lowest BCUT2D eigenvalue weighted by atomic mass is 10.1. The Kier molecular flexibility index (Phi) is 5.12. The molecule has 0 saturated carbocycles. The van der Waals surface area contributed by atoms with Gasteiger partial charge in [-0.1, -0.05) is 0 Å². The monoisotopic (exact) mass is 397 g/mol. The van der Waals surface area contributed by atoms with Gasteiger partial charge in [0, 0.05) is 17.8 Å². The van der Waals surface area contributed by atoms with Gasteiger partial charge in [-0.15, -0.1) is 0 Å². The minimum Gasteiger partial charge on any atom is -0.496 e. The number of fused-ring (bicyclic) bond motifs is 1. The number of methoxy groups -OCH3 is 2. The Bertz CT molecular complexity index is 1010. The normalized spacial score (nSPS) is 11.5. The first kappa shape index (κ1) is 19.5. The average molecular weight is 397 g/mol. The van der Waals surface area contributed by atoms with E-state index >= 15 is 0 Å². The van der Waals surface area contributed by atoms with Crippen molar-refractivity contribution in [3.8, 4) is 22.8 Å². The summed E-state index contributed by atoms with van der Waals surface area (Å²) >= 11 is 0. The molecule has 0 fully saturated rings. The van der Waals surface area contributed by atoms with Gasteiger partial charge in [-0.2, -0.15) is 13.2 Å². The Balaban J connectivity index is 2.06. The molecule has 1 aromatic carbocycles. The average Bonchev–Trinajstić information content (AvgIpc) is 3.07. The number of hydrogen-bond donors (Lipinski definition) is 1. The number of aromatic nitrogens is 2.